The lowest BCUT2D eigenvalue weighted by molar-refractivity contribution is -0.137. The Morgan fingerprint density at radius 3 is 2.57 bits per heavy atom. The SMILES string of the molecule is CC1CN(S(=O)(=O)c2cccc(C(F)(F)F)c2)CCC1Cl. The van der Waals surface area contributed by atoms with E-state index in [9.17, 15) is 21.6 Å². The van der Waals surface area contributed by atoms with Crippen LogP contribution in [0.3, 0.4) is 0 Å². The molecule has 0 amide bonds. The molecule has 1 heterocycles. The smallest absolute Gasteiger partial charge is 0.207 e. The maximum absolute atomic E-state index is 12.7. The molecule has 2 atom stereocenters. The molecule has 1 aliphatic rings. The zero-order valence-corrected chi connectivity index (χ0v) is 12.8. The van der Waals surface area contributed by atoms with Crippen molar-refractivity contribution in [2.45, 2.75) is 29.8 Å². The van der Waals surface area contributed by atoms with E-state index in [1.54, 1.807) is 0 Å². The van der Waals surface area contributed by atoms with Gasteiger partial charge in [0.15, 0.2) is 0 Å². The normalized spacial score (nSPS) is 25.0. The summed E-state index contributed by atoms with van der Waals surface area (Å²) in [7, 11) is -3.93. The molecular formula is C13H15ClF3NO2S. The van der Waals surface area contributed by atoms with Crippen molar-refractivity contribution in [3.63, 3.8) is 0 Å². The molecule has 0 spiro atoms. The Morgan fingerprint density at radius 1 is 1.33 bits per heavy atom. The molecule has 118 valence electrons. The lowest BCUT2D eigenvalue weighted by Crippen LogP contribution is -2.43. The summed E-state index contributed by atoms with van der Waals surface area (Å²) >= 11 is 6.04. The fourth-order valence-corrected chi connectivity index (χ4v) is 4.06. The number of sulfonamides is 1. The standard InChI is InChI=1S/C13H15ClF3NO2S/c1-9-8-18(6-5-12(9)14)21(19,20)11-4-2-3-10(7-11)13(15,16)17/h2-4,7,9,12H,5-6,8H2,1H3. The second kappa shape index (κ2) is 5.78. The highest BCUT2D eigenvalue weighted by Crippen LogP contribution is 2.32. The Morgan fingerprint density at radius 2 is 2.00 bits per heavy atom. The van der Waals surface area contributed by atoms with Gasteiger partial charge in [0.2, 0.25) is 10.0 Å². The minimum Gasteiger partial charge on any atom is -0.207 e. The fraction of sp³-hybridized carbons (Fsp3) is 0.538. The lowest BCUT2D eigenvalue weighted by atomic mass is 10.0. The first kappa shape index (κ1) is 16.6. The van der Waals surface area contributed by atoms with Crippen molar-refractivity contribution in [2.75, 3.05) is 13.1 Å². The molecule has 1 saturated heterocycles. The summed E-state index contributed by atoms with van der Waals surface area (Å²) in [5.41, 5.74) is -0.969. The van der Waals surface area contributed by atoms with Gasteiger partial charge in [-0.25, -0.2) is 8.42 Å². The summed E-state index contributed by atoms with van der Waals surface area (Å²) in [5, 5.41) is -0.113. The highest BCUT2D eigenvalue weighted by molar-refractivity contribution is 7.89. The van der Waals surface area contributed by atoms with Gasteiger partial charge in [0, 0.05) is 18.5 Å². The van der Waals surface area contributed by atoms with Gasteiger partial charge in [-0.15, -0.1) is 11.6 Å². The van der Waals surface area contributed by atoms with E-state index in [1.807, 2.05) is 6.92 Å². The summed E-state index contributed by atoms with van der Waals surface area (Å²) in [6.07, 6.45) is -4.08. The number of hydrogen-bond donors (Lipinski definition) is 0. The highest BCUT2D eigenvalue weighted by Gasteiger charge is 2.35. The number of benzene rings is 1. The molecule has 3 nitrogen and oxygen atoms in total. The number of hydrogen-bond acceptors (Lipinski definition) is 2. The van der Waals surface area contributed by atoms with Gasteiger partial charge in [-0.05, 0) is 30.5 Å². The average Bonchev–Trinajstić information content (AvgIpc) is 2.41. The van der Waals surface area contributed by atoms with Crippen LogP contribution in [0.1, 0.15) is 18.9 Å². The first-order valence-corrected chi connectivity index (χ1v) is 8.31. The molecule has 0 radical (unpaired) electrons. The minimum absolute atomic E-state index is 0.0407. The summed E-state index contributed by atoms with van der Waals surface area (Å²) < 4.78 is 64.1. The highest BCUT2D eigenvalue weighted by atomic mass is 35.5. The predicted molar refractivity (Wildman–Crippen MR) is 73.6 cm³/mol. The lowest BCUT2D eigenvalue weighted by Gasteiger charge is -2.33. The number of rotatable bonds is 2. The maximum Gasteiger partial charge on any atom is 0.416 e. The molecule has 2 unspecified atom stereocenters. The second-order valence-corrected chi connectivity index (χ2v) is 7.67. The average molecular weight is 342 g/mol. The monoisotopic (exact) mass is 341 g/mol. The molecule has 8 heteroatoms. The number of halogens is 4. The van der Waals surface area contributed by atoms with Crippen molar-refractivity contribution in [1.29, 1.82) is 0 Å². The van der Waals surface area contributed by atoms with E-state index in [0.717, 1.165) is 12.1 Å². The Labute approximate surface area is 126 Å². The number of piperidine rings is 1. The van der Waals surface area contributed by atoms with Gasteiger partial charge in [-0.2, -0.15) is 17.5 Å². The van der Waals surface area contributed by atoms with Crippen LogP contribution in [0.2, 0.25) is 0 Å². The summed E-state index contributed by atoms with van der Waals surface area (Å²) in [6, 6.07) is 3.81. The Balaban J connectivity index is 2.32. The topological polar surface area (TPSA) is 37.4 Å². The minimum atomic E-state index is -4.57. The van der Waals surface area contributed by atoms with Crippen molar-refractivity contribution in [1.82, 2.24) is 4.31 Å². The van der Waals surface area contributed by atoms with E-state index in [4.69, 9.17) is 11.6 Å². The molecule has 1 aromatic carbocycles. The van der Waals surface area contributed by atoms with Crippen molar-refractivity contribution >= 4 is 21.6 Å². The van der Waals surface area contributed by atoms with Crippen molar-refractivity contribution in [2.24, 2.45) is 5.92 Å². The maximum atomic E-state index is 12.7. The van der Waals surface area contributed by atoms with Gasteiger partial charge in [0.05, 0.1) is 10.5 Å². The summed E-state index contributed by atoms with van der Waals surface area (Å²) in [5.74, 6) is -0.0407. The van der Waals surface area contributed by atoms with E-state index in [2.05, 4.69) is 0 Å². The van der Waals surface area contributed by atoms with Crippen LogP contribution in [0.4, 0.5) is 13.2 Å². The molecule has 0 aliphatic carbocycles. The molecule has 1 aromatic rings. The van der Waals surface area contributed by atoms with Crippen molar-refractivity contribution in [3.05, 3.63) is 29.8 Å². The van der Waals surface area contributed by atoms with E-state index >= 15 is 0 Å². The quantitative estimate of drug-likeness (QED) is 0.774. The summed E-state index contributed by atoms with van der Waals surface area (Å²) in [6.45, 7) is 2.26. The molecule has 1 aliphatic heterocycles. The van der Waals surface area contributed by atoms with Crippen molar-refractivity contribution in [3.8, 4) is 0 Å². The second-order valence-electron chi connectivity index (χ2n) is 5.17. The van der Waals surface area contributed by atoms with E-state index in [0.29, 0.717) is 12.5 Å². The Hall–Kier alpha value is -0.790. The van der Waals surface area contributed by atoms with Gasteiger partial charge < -0.3 is 0 Å². The molecule has 0 saturated carbocycles. The van der Waals surface area contributed by atoms with Crippen LogP contribution in [0, 0.1) is 5.92 Å². The first-order chi connectivity index (χ1) is 9.62. The molecule has 1 fully saturated rings. The van der Waals surface area contributed by atoms with E-state index in [-0.39, 0.29) is 29.3 Å². The molecule has 0 aromatic heterocycles. The van der Waals surface area contributed by atoms with Crippen LogP contribution < -0.4 is 0 Å². The van der Waals surface area contributed by atoms with E-state index in [1.165, 1.54) is 10.4 Å². The van der Waals surface area contributed by atoms with Crippen LogP contribution in [-0.2, 0) is 16.2 Å². The van der Waals surface area contributed by atoms with Crippen LogP contribution >= 0.6 is 11.6 Å². The van der Waals surface area contributed by atoms with E-state index < -0.39 is 21.8 Å². The molecule has 21 heavy (non-hydrogen) atoms. The van der Waals surface area contributed by atoms with Crippen LogP contribution in [0.25, 0.3) is 0 Å². The van der Waals surface area contributed by atoms with Crippen LogP contribution in [0.5, 0.6) is 0 Å². The third-order valence-corrected chi connectivity index (χ3v) is 6.07. The van der Waals surface area contributed by atoms with Gasteiger partial charge >= 0.3 is 6.18 Å². The third-order valence-electron chi connectivity index (χ3n) is 3.56. The predicted octanol–water partition coefficient (Wildman–Crippen LogP) is 3.34. The molecule has 2 rings (SSSR count). The van der Waals surface area contributed by atoms with Gasteiger partial charge in [0.1, 0.15) is 0 Å². The van der Waals surface area contributed by atoms with Gasteiger partial charge in [-0.1, -0.05) is 13.0 Å². The zero-order chi connectivity index (χ0) is 15.8. The number of nitrogens with zero attached hydrogens (tertiary/aromatic N) is 1. The van der Waals surface area contributed by atoms with Gasteiger partial charge in [-0.3, -0.25) is 0 Å². The Kier molecular flexibility index (Phi) is 4.56. The largest absolute Gasteiger partial charge is 0.416 e. The molecule has 0 N–H and O–H groups in total. The zero-order valence-electron chi connectivity index (χ0n) is 11.3. The van der Waals surface area contributed by atoms with Crippen LogP contribution in [-0.4, -0.2) is 31.2 Å². The van der Waals surface area contributed by atoms with Crippen LogP contribution in [0.15, 0.2) is 29.2 Å². The van der Waals surface area contributed by atoms with Gasteiger partial charge in [0.25, 0.3) is 0 Å². The fourth-order valence-electron chi connectivity index (χ4n) is 2.28. The Bertz CT molecular complexity index is 618. The molecular weight excluding hydrogens is 327 g/mol. The first-order valence-electron chi connectivity index (χ1n) is 6.44. The summed E-state index contributed by atoms with van der Waals surface area (Å²) in [4.78, 5) is -0.336. The third kappa shape index (κ3) is 3.52. The number of alkyl halides is 4. The molecule has 0 bridgehead atoms. The van der Waals surface area contributed by atoms with Crippen molar-refractivity contribution < 1.29 is 21.6 Å².